The maximum absolute atomic E-state index is 13.8. The van der Waals surface area contributed by atoms with Gasteiger partial charge in [0, 0.05) is 37.4 Å². The van der Waals surface area contributed by atoms with Crippen molar-refractivity contribution in [3.63, 3.8) is 0 Å². The van der Waals surface area contributed by atoms with Crippen LogP contribution in [0.4, 0.5) is 5.88 Å². The molecule has 0 radical (unpaired) electrons. The number of hydrogen-bond acceptors (Lipinski definition) is 5. The molecule has 1 atom stereocenters. The van der Waals surface area contributed by atoms with Gasteiger partial charge in [-0.15, -0.1) is 0 Å². The fourth-order valence-corrected chi connectivity index (χ4v) is 4.86. The molecule has 0 N–H and O–H groups in total. The van der Waals surface area contributed by atoms with Gasteiger partial charge in [-0.05, 0) is 44.2 Å². The summed E-state index contributed by atoms with van der Waals surface area (Å²) in [6, 6.07) is 17.9. The number of rotatable bonds is 7. The molecule has 1 unspecified atom stereocenters. The molecule has 5 rings (SSSR count). The number of nitrogens with zero attached hydrogens (tertiary/aromatic N) is 3. The third kappa shape index (κ3) is 4.67. The molecule has 2 fully saturated rings. The normalized spacial score (nSPS) is 18.1. The number of aromatic nitrogens is 1. The predicted molar refractivity (Wildman–Crippen MR) is 128 cm³/mol. The van der Waals surface area contributed by atoms with Gasteiger partial charge in [0.15, 0.2) is 0 Å². The molecule has 6 nitrogen and oxygen atoms in total. The van der Waals surface area contributed by atoms with E-state index in [2.05, 4.69) is 10.1 Å². The van der Waals surface area contributed by atoms with Crippen LogP contribution in [0.3, 0.4) is 0 Å². The number of amides is 1. The van der Waals surface area contributed by atoms with Crippen molar-refractivity contribution in [2.75, 3.05) is 31.1 Å². The summed E-state index contributed by atoms with van der Waals surface area (Å²) in [5, 5.41) is 4.48. The monoisotopic (exact) mass is 445 g/mol. The van der Waals surface area contributed by atoms with Gasteiger partial charge in [0.1, 0.15) is 5.69 Å². The highest BCUT2D eigenvalue weighted by Crippen LogP contribution is 2.34. The van der Waals surface area contributed by atoms with E-state index in [4.69, 9.17) is 9.26 Å². The van der Waals surface area contributed by atoms with Crippen molar-refractivity contribution < 1.29 is 14.1 Å². The van der Waals surface area contributed by atoms with Crippen molar-refractivity contribution in [3.8, 4) is 11.3 Å². The smallest absolute Gasteiger partial charge is 0.254 e. The minimum Gasteiger partial charge on any atom is -0.376 e. The summed E-state index contributed by atoms with van der Waals surface area (Å²) in [5.41, 5.74) is 4.50. The largest absolute Gasteiger partial charge is 0.376 e. The van der Waals surface area contributed by atoms with Crippen LogP contribution in [0.15, 0.2) is 59.1 Å². The van der Waals surface area contributed by atoms with E-state index >= 15 is 0 Å². The molecule has 6 heteroatoms. The van der Waals surface area contributed by atoms with Crippen molar-refractivity contribution in [3.05, 3.63) is 71.3 Å². The zero-order valence-corrected chi connectivity index (χ0v) is 19.2. The van der Waals surface area contributed by atoms with E-state index in [-0.39, 0.29) is 12.0 Å². The lowest BCUT2D eigenvalue weighted by Crippen LogP contribution is -2.37. The van der Waals surface area contributed by atoms with Gasteiger partial charge in [-0.2, -0.15) is 0 Å². The third-order valence-electron chi connectivity index (χ3n) is 6.67. The molecule has 3 heterocycles. The maximum Gasteiger partial charge on any atom is 0.254 e. The molecule has 0 spiro atoms. The van der Waals surface area contributed by atoms with E-state index in [1.807, 2.05) is 66.4 Å². The zero-order valence-electron chi connectivity index (χ0n) is 19.2. The predicted octanol–water partition coefficient (Wildman–Crippen LogP) is 5.07. The van der Waals surface area contributed by atoms with Gasteiger partial charge >= 0.3 is 0 Å². The number of benzene rings is 2. The summed E-state index contributed by atoms with van der Waals surface area (Å²) in [6.07, 6.45) is 4.36. The lowest BCUT2D eigenvalue weighted by Gasteiger charge is -2.27. The fourth-order valence-electron chi connectivity index (χ4n) is 4.86. The molecule has 2 aliphatic rings. The SMILES string of the molecule is Cc1ccccc1C(=O)N(Cc1c(-c2ccccc2)noc1N1CCCC1)CC1CCCO1. The Morgan fingerprint density at radius 2 is 1.82 bits per heavy atom. The first kappa shape index (κ1) is 21.7. The summed E-state index contributed by atoms with van der Waals surface area (Å²) in [7, 11) is 0. The lowest BCUT2D eigenvalue weighted by atomic mass is 10.0. The average Bonchev–Trinajstić information content (AvgIpc) is 3.61. The Morgan fingerprint density at radius 3 is 2.55 bits per heavy atom. The lowest BCUT2D eigenvalue weighted by molar-refractivity contribution is 0.0507. The van der Waals surface area contributed by atoms with Crippen molar-refractivity contribution in [1.82, 2.24) is 10.1 Å². The first-order valence-electron chi connectivity index (χ1n) is 12.0. The Hall–Kier alpha value is -3.12. The summed E-state index contributed by atoms with van der Waals surface area (Å²) >= 11 is 0. The van der Waals surface area contributed by atoms with Gasteiger partial charge in [-0.3, -0.25) is 4.79 Å². The van der Waals surface area contributed by atoms with Crippen LogP contribution in [0.25, 0.3) is 11.3 Å². The van der Waals surface area contributed by atoms with E-state index < -0.39 is 0 Å². The van der Waals surface area contributed by atoms with Crippen LogP contribution in [-0.4, -0.2) is 48.3 Å². The minimum atomic E-state index is 0.0242. The zero-order chi connectivity index (χ0) is 22.6. The fraction of sp³-hybridized carbons (Fsp3) is 0.407. The summed E-state index contributed by atoms with van der Waals surface area (Å²) in [4.78, 5) is 18.0. The Labute approximate surface area is 195 Å². The van der Waals surface area contributed by atoms with Crippen molar-refractivity contribution in [2.45, 2.75) is 45.3 Å². The van der Waals surface area contributed by atoms with Crippen molar-refractivity contribution in [2.24, 2.45) is 0 Å². The number of carbonyl (C=O) groups excluding carboxylic acids is 1. The highest BCUT2D eigenvalue weighted by atomic mass is 16.5. The second-order valence-electron chi connectivity index (χ2n) is 9.01. The van der Waals surface area contributed by atoms with Crippen molar-refractivity contribution >= 4 is 11.8 Å². The molecule has 2 aliphatic heterocycles. The standard InChI is InChI=1S/C27H31N3O3/c1-20-10-5-6-14-23(20)26(31)30(18-22-13-9-17-32-22)19-24-25(21-11-3-2-4-12-21)28-33-27(24)29-15-7-8-16-29/h2-6,10-12,14,22H,7-9,13,15-19H2,1H3. The molecule has 172 valence electrons. The first-order chi connectivity index (χ1) is 16.2. The molecule has 1 amide bonds. The van der Waals surface area contributed by atoms with Gasteiger partial charge in [0.2, 0.25) is 5.88 Å². The van der Waals surface area contributed by atoms with E-state index in [1.54, 1.807) is 0 Å². The molecular formula is C27H31N3O3. The van der Waals surface area contributed by atoms with Crippen LogP contribution in [0.5, 0.6) is 0 Å². The van der Waals surface area contributed by atoms with Gasteiger partial charge < -0.3 is 19.1 Å². The Bertz CT molecular complexity index is 1080. The van der Waals surface area contributed by atoms with Gasteiger partial charge in [0.05, 0.1) is 18.2 Å². The number of aryl methyl sites for hydroxylation is 1. The van der Waals surface area contributed by atoms with Crippen LogP contribution in [0.2, 0.25) is 0 Å². The minimum absolute atomic E-state index is 0.0242. The molecule has 0 saturated carbocycles. The molecule has 0 bridgehead atoms. The van der Waals surface area contributed by atoms with Gasteiger partial charge in [-0.25, -0.2) is 0 Å². The number of ether oxygens (including phenoxy) is 1. The molecule has 1 aromatic heterocycles. The second kappa shape index (κ2) is 9.79. The van der Waals surface area contributed by atoms with Gasteiger partial charge in [0.25, 0.3) is 5.91 Å². The highest BCUT2D eigenvalue weighted by molar-refractivity contribution is 5.95. The topological polar surface area (TPSA) is 58.8 Å². The molecule has 2 saturated heterocycles. The summed E-state index contributed by atoms with van der Waals surface area (Å²) in [6.45, 7) is 5.65. The first-order valence-corrected chi connectivity index (χ1v) is 12.0. The van der Waals surface area contributed by atoms with Crippen LogP contribution in [-0.2, 0) is 11.3 Å². The van der Waals surface area contributed by atoms with Crippen molar-refractivity contribution in [1.29, 1.82) is 0 Å². The quantitative estimate of drug-likeness (QED) is 0.508. The second-order valence-corrected chi connectivity index (χ2v) is 9.01. The third-order valence-corrected chi connectivity index (χ3v) is 6.67. The summed E-state index contributed by atoms with van der Waals surface area (Å²) in [5.74, 6) is 0.817. The van der Waals surface area contributed by atoms with Gasteiger partial charge in [-0.1, -0.05) is 53.7 Å². The van der Waals surface area contributed by atoms with Crippen LogP contribution in [0, 0.1) is 6.92 Å². The molecule has 3 aromatic rings. The number of anilines is 1. The van der Waals surface area contributed by atoms with E-state index in [0.29, 0.717) is 13.1 Å². The van der Waals surface area contributed by atoms with Crippen LogP contribution in [0.1, 0.15) is 47.2 Å². The van der Waals surface area contributed by atoms with E-state index in [9.17, 15) is 4.79 Å². The van der Waals surface area contributed by atoms with E-state index in [1.165, 1.54) is 0 Å². The Balaban J connectivity index is 1.53. The van der Waals surface area contributed by atoms with E-state index in [0.717, 1.165) is 79.2 Å². The summed E-state index contributed by atoms with van der Waals surface area (Å²) < 4.78 is 11.8. The molecule has 2 aromatic carbocycles. The molecular weight excluding hydrogens is 414 g/mol. The maximum atomic E-state index is 13.8. The molecule has 0 aliphatic carbocycles. The Kier molecular flexibility index (Phi) is 6.44. The van der Waals surface area contributed by atoms with Crippen LogP contribution >= 0.6 is 0 Å². The number of carbonyl (C=O) groups is 1. The molecule has 33 heavy (non-hydrogen) atoms. The Morgan fingerprint density at radius 1 is 1.06 bits per heavy atom. The number of hydrogen-bond donors (Lipinski definition) is 0. The highest BCUT2D eigenvalue weighted by Gasteiger charge is 2.30. The average molecular weight is 446 g/mol. The van der Waals surface area contributed by atoms with Crippen LogP contribution < -0.4 is 4.90 Å².